The first-order valence-electron chi connectivity index (χ1n) is 5.12. The summed E-state index contributed by atoms with van der Waals surface area (Å²) in [4.78, 5) is 6.48. The highest BCUT2D eigenvalue weighted by Crippen LogP contribution is 2.16. The summed E-state index contributed by atoms with van der Waals surface area (Å²) in [5.41, 5.74) is 0. The van der Waals surface area contributed by atoms with Gasteiger partial charge in [-0.3, -0.25) is 0 Å². The molecule has 2 nitrogen and oxygen atoms in total. The second-order valence-corrected chi connectivity index (χ2v) is 3.89. The number of likely N-dealkylation sites (tertiary alicyclic amines) is 1. The topological polar surface area (TPSA) is 15.6 Å². The number of nitrogens with zero attached hydrogens (tertiary/aromatic N) is 2. The maximum absolute atomic E-state index is 4.51. The lowest BCUT2D eigenvalue weighted by atomic mass is 10.0. The lowest BCUT2D eigenvalue weighted by Gasteiger charge is -2.33. The molecule has 0 aromatic heterocycles. The van der Waals surface area contributed by atoms with Crippen molar-refractivity contribution >= 4 is 17.4 Å². The van der Waals surface area contributed by atoms with Crippen molar-refractivity contribution in [3.05, 3.63) is 0 Å². The third-order valence-corrected chi connectivity index (χ3v) is 2.85. The van der Waals surface area contributed by atoms with E-state index in [0.29, 0.717) is 0 Å². The molecule has 0 N–H and O–H groups in total. The molecule has 74 valence electrons. The van der Waals surface area contributed by atoms with Crippen molar-refractivity contribution in [3.63, 3.8) is 0 Å². The van der Waals surface area contributed by atoms with Crippen molar-refractivity contribution in [2.45, 2.75) is 38.6 Å². The average Bonchev–Trinajstić information content (AvgIpc) is 2.15. The highest BCUT2D eigenvalue weighted by atomic mass is 32.1. The Labute approximate surface area is 86.0 Å². The summed E-state index contributed by atoms with van der Waals surface area (Å²) < 4.78 is 0. The molecule has 0 bridgehead atoms. The lowest BCUT2D eigenvalue weighted by molar-refractivity contribution is 0.160. The van der Waals surface area contributed by atoms with Gasteiger partial charge in [-0.1, -0.05) is 6.42 Å². The molecule has 0 amide bonds. The molecule has 0 aliphatic carbocycles. The summed E-state index contributed by atoms with van der Waals surface area (Å²) >= 11 is 4.51. The summed E-state index contributed by atoms with van der Waals surface area (Å²) in [6, 6.07) is 0.769. The maximum atomic E-state index is 4.51. The molecule has 1 rings (SSSR count). The molecule has 1 heterocycles. The Kier molecular flexibility index (Phi) is 5.21. The summed E-state index contributed by atoms with van der Waals surface area (Å²) in [7, 11) is 0. The molecule has 1 saturated heterocycles. The van der Waals surface area contributed by atoms with E-state index in [9.17, 15) is 0 Å². The van der Waals surface area contributed by atoms with Crippen LogP contribution in [0.4, 0.5) is 0 Å². The largest absolute Gasteiger partial charge is 0.301 e. The Hall–Kier alpha value is -0.240. The molecule has 13 heavy (non-hydrogen) atoms. The van der Waals surface area contributed by atoms with Crippen LogP contribution in [-0.4, -0.2) is 35.7 Å². The minimum atomic E-state index is 0.769. The van der Waals surface area contributed by atoms with Crippen LogP contribution in [0.2, 0.25) is 0 Å². The molecule has 1 aliphatic heterocycles. The Balaban J connectivity index is 2.15. The molecular formula is C10H18N2S. The van der Waals surface area contributed by atoms with Gasteiger partial charge in [0.2, 0.25) is 0 Å². The zero-order chi connectivity index (χ0) is 9.52. The normalized spacial score (nSPS) is 23.9. The summed E-state index contributed by atoms with van der Waals surface area (Å²) in [5, 5.41) is 2.41. The highest BCUT2D eigenvalue weighted by Gasteiger charge is 2.16. The molecule has 1 fully saturated rings. The Bertz CT molecular complexity index is 187. The number of rotatable bonds is 4. The third-order valence-electron chi connectivity index (χ3n) is 2.72. The van der Waals surface area contributed by atoms with Crippen LogP contribution in [0.1, 0.15) is 32.6 Å². The number of isothiocyanates is 1. The van der Waals surface area contributed by atoms with Crippen LogP contribution < -0.4 is 0 Å². The quantitative estimate of drug-likeness (QED) is 0.391. The maximum Gasteiger partial charge on any atom is 0.0584 e. The Morgan fingerprint density at radius 2 is 2.38 bits per heavy atom. The van der Waals surface area contributed by atoms with E-state index in [2.05, 4.69) is 34.2 Å². The van der Waals surface area contributed by atoms with E-state index in [-0.39, 0.29) is 0 Å². The predicted molar refractivity (Wildman–Crippen MR) is 59.4 cm³/mol. The monoisotopic (exact) mass is 198 g/mol. The molecule has 0 radical (unpaired) electrons. The van der Waals surface area contributed by atoms with Crippen LogP contribution in [0.3, 0.4) is 0 Å². The van der Waals surface area contributed by atoms with E-state index in [1.165, 1.54) is 32.4 Å². The highest BCUT2D eigenvalue weighted by molar-refractivity contribution is 7.78. The fourth-order valence-corrected chi connectivity index (χ4v) is 1.98. The summed E-state index contributed by atoms with van der Waals surface area (Å²) in [6.45, 7) is 5.60. The molecule has 1 atom stereocenters. The van der Waals surface area contributed by atoms with Gasteiger partial charge in [-0.2, -0.15) is 0 Å². The van der Waals surface area contributed by atoms with Crippen molar-refractivity contribution < 1.29 is 0 Å². The minimum Gasteiger partial charge on any atom is -0.301 e. The van der Waals surface area contributed by atoms with Gasteiger partial charge in [0.25, 0.3) is 0 Å². The van der Waals surface area contributed by atoms with Gasteiger partial charge in [0.05, 0.1) is 11.7 Å². The fraction of sp³-hybridized carbons (Fsp3) is 0.900. The third kappa shape index (κ3) is 3.99. The van der Waals surface area contributed by atoms with Crippen molar-refractivity contribution in [3.8, 4) is 0 Å². The van der Waals surface area contributed by atoms with Crippen molar-refractivity contribution in [1.29, 1.82) is 0 Å². The molecule has 3 heteroatoms. The van der Waals surface area contributed by atoms with Crippen LogP contribution in [0.15, 0.2) is 4.99 Å². The van der Waals surface area contributed by atoms with Crippen LogP contribution in [0.5, 0.6) is 0 Å². The second kappa shape index (κ2) is 6.25. The van der Waals surface area contributed by atoms with E-state index in [1.807, 2.05) is 0 Å². The zero-order valence-corrected chi connectivity index (χ0v) is 9.15. The predicted octanol–water partition coefficient (Wildman–Crippen LogP) is 2.35. The smallest absolute Gasteiger partial charge is 0.0584 e. The first kappa shape index (κ1) is 10.8. The minimum absolute atomic E-state index is 0.769. The standard InChI is InChI=1S/C10H18N2S/c1-10-5-2-3-7-12(10)8-4-6-11-9-13/h10H,2-8H2,1H3. The van der Waals surface area contributed by atoms with Gasteiger partial charge < -0.3 is 4.90 Å². The molecule has 0 aromatic carbocycles. The summed E-state index contributed by atoms with van der Waals surface area (Å²) in [5.74, 6) is 0. The van der Waals surface area contributed by atoms with Gasteiger partial charge in [0.15, 0.2) is 0 Å². The van der Waals surface area contributed by atoms with E-state index in [1.54, 1.807) is 0 Å². The van der Waals surface area contributed by atoms with Gasteiger partial charge in [0, 0.05) is 12.6 Å². The number of hydrogen-bond acceptors (Lipinski definition) is 3. The number of thiocarbonyl (C=S) groups is 1. The summed E-state index contributed by atoms with van der Waals surface area (Å²) in [6.07, 6.45) is 5.24. The van der Waals surface area contributed by atoms with E-state index in [0.717, 1.165) is 19.0 Å². The van der Waals surface area contributed by atoms with E-state index in [4.69, 9.17) is 0 Å². The lowest BCUT2D eigenvalue weighted by Crippen LogP contribution is -2.38. The van der Waals surface area contributed by atoms with E-state index < -0.39 is 0 Å². The zero-order valence-electron chi connectivity index (χ0n) is 8.33. The van der Waals surface area contributed by atoms with Gasteiger partial charge in [-0.15, -0.1) is 0 Å². The fourth-order valence-electron chi connectivity index (χ4n) is 1.89. The number of hydrogen-bond donors (Lipinski definition) is 0. The molecule has 1 unspecified atom stereocenters. The first-order chi connectivity index (χ1) is 6.34. The van der Waals surface area contributed by atoms with Gasteiger partial charge >= 0.3 is 0 Å². The average molecular weight is 198 g/mol. The van der Waals surface area contributed by atoms with Gasteiger partial charge in [-0.25, -0.2) is 4.99 Å². The molecular weight excluding hydrogens is 180 g/mol. The second-order valence-electron chi connectivity index (χ2n) is 3.71. The van der Waals surface area contributed by atoms with Crippen LogP contribution in [-0.2, 0) is 0 Å². The molecule has 0 saturated carbocycles. The van der Waals surface area contributed by atoms with Crippen LogP contribution in [0.25, 0.3) is 0 Å². The van der Waals surface area contributed by atoms with Crippen molar-refractivity contribution in [1.82, 2.24) is 4.90 Å². The molecule has 1 aliphatic rings. The number of piperidine rings is 1. The SMILES string of the molecule is CC1CCCCN1CCCN=C=S. The Morgan fingerprint density at radius 1 is 1.54 bits per heavy atom. The van der Waals surface area contributed by atoms with Gasteiger partial charge in [0.1, 0.15) is 0 Å². The van der Waals surface area contributed by atoms with Crippen molar-refractivity contribution in [2.75, 3.05) is 19.6 Å². The van der Waals surface area contributed by atoms with Gasteiger partial charge in [-0.05, 0) is 44.9 Å². The number of aliphatic imine (C=N–C) groups is 1. The van der Waals surface area contributed by atoms with Crippen LogP contribution >= 0.6 is 12.2 Å². The van der Waals surface area contributed by atoms with Crippen LogP contribution in [0, 0.1) is 0 Å². The molecule has 0 spiro atoms. The first-order valence-corrected chi connectivity index (χ1v) is 5.53. The molecule has 0 aromatic rings. The van der Waals surface area contributed by atoms with Crippen molar-refractivity contribution in [2.24, 2.45) is 4.99 Å². The van der Waals surface area contributed by atoms with E-state index >= 15 is 0 Å². The Morgan fingerprint density at radius 3 is 3.08 bits per heavy atom.